The molecule has 128 valence electrons. The minimum atomic E-state index is -0.409. The molecular weight excluding hydrogens is 325 g/mol. The number of nitrogens with one attached hydrogen (secondary N) is 1. The van der Waals surface area contributed by atoms with Crippen molar-refractivity contribution in [1.29, 1.82) is 5.26 Å². The molecule has 0 radical (unpaired) electrons. The number of pyridine rings is 1. The molecule has 0 saturated heterocycles. The third kappa shape index (κ3) is 3.86. The maximum Gasteiger partial charge on any atom is 0.228 e. The van der Waals surface area contributed by atoms with Crippen LogP contribution < -0.4 is 14.8 Å². The lowest BCUT2D eigenvalue weighted by Crippen LogP contribution is -2.41. The largest absolute Gasteiger partial charge is 0.493 e. The molecule has 1 fully saturated rings. The number of benzene rings is 1. The zero-order valence-electron chi connectivity index (χ0n) is 13.5. The average Bonchev–Trinajstić information content (AvgIpc) is 2.58. The van der Waals surface area contributed by atoms with Crippen molar-refractivity contribution in [3.8, 4) is 17.6 Å². The highest BCUT2D eigenvalue weighted by molar-refractivity contribution is 5.92. The number of anilines is 1. The van der Waals surface area contributed by atoms with E-state index in [-0.39, 0.29) is 23.6 Å². The van der Waals surface area contributed by atoms with Gasteiger partial charge in [0.25, 0.3) is 0 Å². The number of aromatic nitrogens is 1. The van der Waals surface area contributed by atoms with Crippen LogP contribution in [0.3, 0.4) is 0 Å². The summed E-state index contributed by atoms with van der Waals surface area (Å²) in [5.41, 5.74) is 0.241. The van der Waals surface area contributed by atoms with Gasteiger partial charge < -0.3 is 14.8 Å². The highest BCUT2D eigenvalue weighted by Gasteiger charge is 2.36. The number of carbonyl (C=O) groups excluding carboxylic acids is 1. The molecule has 25 heavy (non-hydrogen) atoms. The van der Waals surface area contributed by atoms with Gasteiger partial charge in [-0.2, -0.15) is 5.26 Å². The number of halogens is 1. The molecule has 3 rings (SSSR count). The Bertz CT molecular complexity index is 829. The Morgan fingerprint density at radius 1 is 1.32 bits per heavy atom. The zero-order valence-corrected chi connectivity index (χ0v) is 13.5. The second kappa shape index (κ2) is 7.18. The van der Waals surface area contributed by atoms with E-state index in [4.69, 9.17) is 14.7 Å². The van der Waals surface area contributed by atoms with Gasteiger partial charge in [0.1, 0.15) is 29.5 Å². The summed E-state index contributed by atoms with van der Waals surface area (Å²) in [4.78, 5) is 16.2. The molecule has 1 aliphatic rings. The first-order chi connectivity index (χ1) is 12.1. The molecule has 1 N–H and O–H groups in total. The van der Waals surface area contributed by atoms with Crippen molar-refractivity contribution in [2.75, 3.05) is 12.4 Å². The molecule has 1 aromatic carbocycles. The van der Waals surface area contributed by atoms with Gasteiger partial charge in [0, 0.05) is 12.0 Å². The van der Waals surface area contributed by atoms with Crippen molar-refractivity contribution in [2.45, 2.75) is 18.9 Å². The van der Waals surface area contributed by atoms with Gasteiger partial charge in [-0.25, -0.2) is 9.37 Å². The van der Waals surface area contributed by atoms with E-state index in [0.29, 0.717) is 30.2 Å². The van der Waals surface area contributed by atoms with Crippen LogP contribution in [-0.4, -0.2) is 24.1 Å². The summed E-state index contributed by atoms with van der Waals surface area (Å²) in [5.74, 6) is 0.334. The molecule has 0 atom stereocenters. The molecule has 6 nitrogen and oxygen atoms in total. The van der Waals surface area contributed by atoms with Gasteiger partial charge in [-0.15, -0.1) is 0 Å². The molecule has 1 saturated carbocycles. The molecular formula is C18H16FN3O3. The fourth-order valence-corrected chi connectivity index (χ4v) is 2.59. The molecule has 1 heterocycles. The number of nitrogens with zero attached hydrogens (tertiary/aromatic N) is 2. The van der Waals surface area contributed by atoms with Crippen LogP contribution in [0, 0.1) is 23.1 Å². The second-order valence-electron chi connectivity index (χ2n) is 5.71. The van der Waals surface area contributed by atoms with Crippen LogP contribution in [0.15, 0.2) is 36.4 Å². The zero-order chi connectivity index (χ0) is 17.8. The number of amides is 1. The highest BCUT2D eigenvalue weighted by atomic mass is 19.1. The van der Waals surface area contributed by atoms with Gasteiger partial charge in [0.15, 0.2) is 11.5 Å². The second-order valence-corrected chi connectivity index (χ2v) is 5.71. The van der Waals surface area contributed by atoms with E-state index >= 15 is 0 Å². The molecule has 1 aliphatic carbocycles. The number of nitriles is 1. The van der Waals surface area contributed by atoms with Gasteiger partial charge in [-0.3, -0.25) is 4.79 Å². The Labute approximate surface area is 144 Å². The van der Waals surface area contributed by atoms with E-state index in [2.05, 4.69) is 10.3 Å². The normalized spacial score (nSPS) is 18.6. The fraction of sp³-hybridized carbons (Fsp3) is 0.278. The third-order valence-corrected chi connectivity index (χ3v) is 4.00. The van der Waals surface area contributed by atoms with Crippen molar-refractivity contribution in [3.63, 3.8) is 0 Å². The Balaban J connectivity index is 1.55. The van der Waals surface area contributed by atoms with Gasteiger partial charge in [0.05, 0.1) is 7.11 Å². The number of hydrogen-bond acceptors (Lipinski definition) is 5. The Morgan fingerprint density at radius 3 is 2.84 bits per heavy atom. The van der Waals surface area contributed by atoms with Crippen LogP contribution >= 0.6 is 0 Å². The number of carbonyl (C=O) groups is 1. The van der Waals surface area contributed by atoms with E-state index in [1.54, 1.807) is 18.2 Å². The predicted molar refractivity (Wildman–Crippen MR) is 87.7 cm³/mol. The molecule has 0 spiro atoms. The average molecular weight is 341 g/mol. The van der Waals surface area contributed by atoms with E-state index in [1.807, 2.05) is 6.07 Å². The number of methoxy groups -OCH3 is 1. The Morgan fingerprint density at radius 2 is 2.12 bits per heavy atom. The molecule has 1 aromatic heterocycles. The smallest absolute Gasteiger partial charge is 0.228 e. The first-order valence-corrected chi connectivity index (χ1v) is 7.77. The third-order valence-electron chi connectivity index (χ3n) is 4.00. The minimum Gasteiger partial charge on any atom is -0.493 e. The summed E-state index contributed by atoms with van der Waals surface area (Å²) in [7, 11) is 1.49. The predicted octanol–water partition coefficient (Wildman–Crippen LogP) is 2.90. The van der Waals surface area contributed by atoms with Crippen LogP contribution in [0.4, 0.5) is 10.2 Å². The Hall–Kier alpha value is -3.14. The maximum absolute atomic E-state index is 13.3. The lowest BCUT2D eigenvalue weighted by molar-refractivity contribution is -0.125. The van der Waals surface area contributed by atoms with E-state index in [0.717, 1.165) is 0 Å². The Kier molecular flexibility index (Phi) is 4.80. The van der Waals surface area contributed by atoms with Crippen molar-refractivity contribution in [3.05, 3.63) is 47.9 Å². The van der Waals surface area contributed by atoms with Crippen molar-refractivity contribution in [1.82, 2.24) is 4.98 Å². The van der Waals surface area contributed by atoms with Crippen molar-refractivity contribution >= 4 is 11.7 Å². The van der Waals surface area contributed by atoms with Crippen LogP contribution in [0.1, 0.15) is 18.5 Å². The first-order valence-electron chi connectivity index (χ1n) is 7.77. The molecule has 0 aliphatic heterocycles. The van der Waals surface area contributed by atoms with E-state index in [1.165, 1.54) is 25.3 Å². The first kappa shape index (κ1) is 16.7. The molecule has 1 amide bonds. The summed E-state index contributed by atoms with van der Waals surface area (Å²) < 4.78 is 24.2. The van der Waals surface area contributed by atoms with Gasteiger partial charge in [0.2, 0.25) is 5.91 Å². The number of ether oxygens (including phenoxy) is 2. The van der Waals surface area contributed by atoms with E-state index in [9.17, 15) is 9.18 Å². The van der Waals surface area contributed by atoms with E-state index < -0.39 is 5.82 Å². The monoisotopic (exact) mass is 341 g/mol. The molecule has 0 unspecified atom stereocenters. The van der Waals surface area contributed by atoms with Crippen LogP contribution in [0.5, 0.6) is 11.5 Å². The summed E-state index contributed by atoms with van der Waals surface area (Å²) in [6, 6.07) is 10.8. The molecule has 2 aromatic rings. The van der Waals surface area contributed by atoms with Crippen molar-refractivity contribution in [2.24, 2.45) is 5.92 Å². The lowest BCUT2D eigenvalue weighted by Gasteiger charge is -2.34. The van der Waals surface area contributed by atoms with Crippen LogP contribution in [-0.2, 0) is 4.79 Å². The van der Waals surface area contributed by atoms with Crippen LogP contribution in [0.25, 0.3) is 0 Å². The molecule has 7 heteroatoms. The SMILES string of the molecule is COc1ccc(F)cc1O[C@H]1C[C@H](C(=O)Nc2cccc(C#N)n2)C1. The lowest BCUT2D eigenvalue weighted by atomic mass is 9.81. The summed E-state index contributed by atoms with van der Waals surface area (Å²) in [6.07, 6.45) is 0.859. The topological polar surface area (TPSA) is 84.2 Å². The van der Waals surface area contributed by atoms with Gasteiger partial charge in [-0.1, -0.05) is 6.07 Å². The van der Waals surface area contributed by atoms with Gasteiger partial charge in [-0.05, 0) is 37.1 Å². The quantitative estimate of drug-likeness (QED) is 0.904. The number of rotatable bonds is 5. The number of hydrogen-bond donors (Lipinski definition) is 1. The van der Waals surface area contributed by atoms with Crippen molar-refractivity contribution < 1.29 is 18.7 Å². The standard InChI is InChI=1S/C18H16FN3O3/c1-24-15-6-5-12(19)9-16(15)25-14-7-11(8-14)18(23)22-17-4-2-3-13(10-20)21-17/h2-6,9,11,14H,7-8H2,1H3,(H,21,22,23)/t11-,14-. The van der Waals surface area contributed by atoms with Gasteiger partial charge >= 0.3 is 0 Å². The summed E-state index contributed by atoms with van der Waals surface area (Å²) >= 11 is 0. The minimum absolute atomic E-state index is 0.173. The van der Waals surface area contributed by atoms with Crippen LogP contribution in [0.2, 0.25) is 0 Å². The highest BCUT2D eigenvalue weighted by Crippen LogP contribution is 2.36. The summed E-state index contributed by atoms with van der Waals surface area (Å²) in [5, 5.41) is 11.5. The molecule has 0 bridgehead atoms. The fourth-order valence-electron chi connectivity index (χ4n) is 2.59. The summed E-state index contributed by atoms with van der Waals surface area (Å²) in [6.45, 7) is 0. The maximum atomic E-state index is 13.3.